The lowest BCUT2D eigenvalue weighted by atomic mass is 10.1. The fourth-order valence-corrected chi connectivity index (χ4v) is 4.37. The van der Waals surface area contributed by atoms with Gasteiger partial charge in [0.2, 0.25) is 17.8 Å². The summed E-state index contributed by atoms with van der Waals surface area (Å²) in [5.41, 5.74) is 13.1. The highest BCUT2D eigenvalue weighted by molar-refractivity contribution is 5.97. The topological polar surface area (TPSA) is 352 Å². The lowest BCUT2D eigenvalue weighted by molar-refractivity contribution is -0.144. The molecule has 266 valence electrons. The third-order valence-corrected chi connectivity index (χ3v) is 6.96. The highest BCUT2D eigenvalue weighted by Gasteiger charge is 2.26. The zero-order valence-corrected chi connectivity index (χ0v) is 26.2. The second-order valence-electron chi connectivity index (χ2n) is 10.7. The molecule has 3 atom stereocenters. The summed E-state index contributed by atoms with van der Waals surface area (Å²) in [7, 11) is 0. The van der Waals surface area contributed by atoms with E-state index in [1.54, 1.807) is 12.1 Å². The summed E-state index contributed by atoms with van der Waals surface area (Å²) in [5, 5.41) is 46.6. The SMILES string of the molecule is Nc1nc(N)c2nc(CNc3ccc(C(=O)NC(CCC(=O)NC(CCC(=O)NC(CCC(=O)O)C(=O)O)C(=O)O)C(=O)O)cc3)cnc2n1. The number of nitrogen functional groups attached to an aromatic ring is 2. The van der Waals surface area contributed by atoms with Crippen molar-refractivity contribution in [2.45, 2.75) is 63.2 Å². The van der Waals surface area contributed by atoms with Crippen LogP contribution in [-0.4, -0.2) is 100 Å². The predicted molar refractivity (Wildman–Crippen MR) is 171 cm³/mol. The van der Waals surface area contributed by atoms with Gasteiger partial charge in [-0.3, -0.25) is 19.2 Å². The van der Waals surface area contributed by atoms with Gasteiger partial charge < -0.3 is 53.2 Å². The molecule has 3 amide bonds. The van der Waals surface area contributed by atoms with Crippen molar-refractivity contribution < 1.29 is 54.0 Å². The maximum Gasteiger partial charge on any atom is 0.326 e. The normalized spacial score (nSPS) is 12.6. The van der Waals surface area contributed by atoms with Crippen LogP contribution in [0.1, 0.15) is 54.6 Å². The molecule has 0 saturated carbocycles. The Hall–Kier alpha value is -6.67. The van der Waals surface area contributed by atoms with Gasteiger partial charge >= 0.3 is 23.9 Å². The number of aliphatic carboxylic acids is 4. The number of carboxylic acids is 4. The number of amides is 3. The number of carbonyl (C=O) groups is 7. The summed E-state index contributed by atoms with van der Waals surface area (Å²) >= 11 is 0. The Balaban J connectivity index is 1.49. The molecule has 0 bridgehead atoms. The van der Waals surface area contributed by atoms with Gasteiger partial charge in [-0.2, -0.15) is 9.97 Å². The van der Waals surface area contributed by atoms with Crippen molar-refractivity contribution in [1.82, 2.24) is 35.9 Å². The molecule has 12 N–H and O–H groups in total. The molecule has 3 aromatic rings. The summed E-state index contributed by atoms with van der Waals surface area (Å²) in [5.74, 6) is -8.18. The third kappa shape index (κ3) is 11.5. The first kappa shape index (κ1) is 37.8. The van der Waals surface area contributed by atoms with Crippen molar-refractivity contribution in [2.75, 3.05) is 16.8 Å². The first-order valence-corrected chi connectivity index (χ1v) is 14.8. The van der Waals surface area contributed by atoms with Gasteiger partial charge in [-0.05, 0) is 43.5 Å². The predicted octanol–water partition coefficient (Wildman–Crippen LogP) is -1.06. The lowest BCUT2D eigenvalue weighted by Gasteiger charge is -2.18. The van der Waals surface area contributed by atoms with Gasteiger partial charge in [0.15, 0.2) is 17.0 Å². The molecule has 1 aromatic carbocycles. The van der Waals surface area contributed by atoms with E-state index in [-0.39, 0.29) is 35.0 Å². The van der Waals surface area contributed by atoms with E-state index < -0.39 is 98.2 Å². The molecular formula is C29H34N10O11. The van der Waals surface area contributed by atoms with Crippen LogP contribution in [-0.2, 0) is 35.3 Å². The number of nitrogens with two attached hydrogens (primary N) is 2. The van der Waals surface area contributed by atoms with E-state index in [0.717, 1.165) is 0 Å². The molecule has 21 nitrogen and oxygen atoms in total. The number of nitrogens with one attached hydrogen (secondary N) is 4. The van der Waals surface area contributed by atoms with Crippen molar-refractivity contribution in [2.24, 2.45) is 0 Å². The standard InChI is InChI=1S/C29H34N10O11/c30-23-22-24(39-29(31)38-23)33-12-15(34-22)11-32-14-3-1-13(2-4-14)25(44)37-18(28(49)50)6-9-20(41)35-16(26(45)46)5-8-19(40)36-17(27(47)48)7-10-21(42)43/h1-4,12,16-18,32H,5-11H2,(H,35,41)(H,36,40)(H,37,44)(H,42,43)(H,45,46)(H,47,48)(H,49,50)(H4,30,31,33,38,39). The average Bonchev–Trinajstić information content (AvgIpc) is 3.05. The van der Waals surface area contributed by atoms with Crippen LogP contribution in [0.3, 0.4) is 0 Å². The van der Waals surface area contributed by atoms with E-state index in [1.807, 2.05) is 0 Å². The fraction of sp³-hybridized carbons (Fsp3) is 0.345. The summed E-state index contributed by atoms with van der Waals surface area (Å²) < 4.78 is 0. The number of aromatic nitrogens is 4. The molecule has 3 rings (SSSR count). The smallest absolute Gasteiger partial charge is 0.326 e. The Bertz CT molecular complexity index is 1770. The molecule has 0 aliphatic rings. The number of carboxylic acid groups (broad SMARTS) is 4. The van der Waals surface area contributed by atoms with E-state index in [0.29, 0.717) is 11.4 Å². The number of benzene rings is 1. The van der Waals surface area contributed by atoms with Crippen molar-refractivity contribution in [3.05, 3.63) is 41.7 Å². The first-order chi connectivity index (χ1) is 23.6. The average molecular weight is 699 g/mol. The molecule has 0 spiro atoms. The monoisotopic (exact) mass is 698 g/mol. The second-order valence-corrected chi connectivity index (χ2v) is 10.7. The number of hydrogen-bond acceptors (Lipinski definition) is 14. The zero-order valence-electron chi connectivity index (χ0n) is 26.2. The molecule has 2 heterocycles. The minimum absolute atomic E-state index is 0.0331. The molecule has 3 unspecified atom stereocenters. The van der Waals surface area contributed by atoms with Crippen molar-refractivity contribution >= 4 is 70.2 Å². The van der Waals surface area contributed by atoms with Gasteiger partial charge in [-0.25, -0.2) is 24.4 Å². The highest BCUT2D eigenvalue weighted by Crippen LogP contribution is 2.16. The van der Waals surface area contributed by atoms with Crippen LogP contribution in [0.5, 0.6) is 0 Å². The molecule has 2 aromatic heterocycles. The van der Waals surface area contributed by atoms with Crippen molar-refractivity contribution in [3.8, 4) is 0 Å². The van der Waals surface area contributed by atoms with Crippen LogP contribution in [0.25, 0.3) is 11.2 Å². The van der Waals surface area contributed by atoms with E-state index in [4.69, 9.17) is 21.7 Å². The Kier molecular flexibility index (Phi) is 13.2. The largest absolute Gasteiger partial charge is 0.481 e. The summed E-state index contributed by atoms with van der Waals surface area (Å²) in [4.78, 5) is 99.1. The van der Waals surface area contributed by atoms with Gasteiger partial charge in [0, 0.05) is 30.5 Å². The number of carbonyl (C=O) groups excluding carboxylic acids is 3. The summed E-state index contributed by atoms with van der Waals surface area (Å²) in [6.45, 7) is 0.219. The molecule has 21 heteroatoms. The molecule has 0 radical (unpaired) electrons. The molecule has 0 aliphatic heterocycles. The van der Waals surface area contributed by atoms with Crippen molar-refractivity contribution in [3.63, 3.8) is 0 Å². The van der Waals surface area contributed by atoms with Gasteiger partial charge in [0.25, 0.3) is 5.91 Å². The van der Waals surface area contributed by atoms with Crippen LogP contribution in [0.15, 0.2) is 30.5 Å². The van der Waals surface area contributed by atoms with E-state index in [1.165, 1.54) is 18.3 Å². The Morgan fingerprint density at radius 2 is 1.20 bits per heavy atom. The molecule has 0 fully saturated rings. The van der Waals surface area contributed by atoms with Crippen LogP contribution in [0, 0.1) is 0 Å². The zero-order chi connectivity index (χ0) is 37.0. The maximum absolute atomic E-state index is 12.8. The van der Waals surface area contributed by atoms with Crippen LogP contribution in [0.4, 0.5) is 17.5 Å². The van der Waals surface area contributed by atoms with E-state index in [2.05, 4.69) is 41.2 Å². The number of rotatable bonds is 19. The number of hydrogen-bond donors (Lipinski definition) is 10. The van der Waals surface area contributed by atoms with Crippen molar-refractivity contribution in [1.29, 1.82) is 0 Å². The van der Waals surface area contributed by atoms with Crippen LogP contribution < -0.4 is 32.7 Å². The van der Waals surface area contributed by atoms with Crippen LogP contribution >= 0.6 is 0 Å². The lowest BCUT2D eigenvalue weighted by Crippen LogP contribution is -2.45. The Morgan fingerprint density at radius 3 is 1.72 bits per heavy atom. The first-order valence-electron chi connectivity index (χ1n) is 14.8. The molecule has 50 heavy (non-hydrogen) atoms. The third-order valence-electron chi connectivity index (χ3n) is 6.96. The minimum Gasteiger partial charge on any atom is -0.481 e. The number of fused-ring (bicyclic) bond motifs is 1. The quantitative estimate of drug-likeness (QED) is 0.0713. The second kappa shape index (κ2) is 17.5. The van der Waals surface area contributed by atoms with Gasteiger partial charge in [0.05, 0.1) is 18.4 Å². The summed E-state index contributed by atoms with van der Waals surface area (Å²) in [6.07, 6.45) is -1.32. The molecule has 0 saturated heterocycles. The number of anilines is 3. The van der Waals surface area contributed by atoms with E-state index in [9.17, 15) is 43.8 Å². The van der Waals surface area contributed by atoms with Crippen LogP contribution in [0.2, 0.25) is 0 Å². The minimum atomic E-state index is -1.58. The van der Waals surface area contributed by atoms with Gasteiger partial charge in [-0.1, -0.05) is 0 Å². The highest BCUT2D eigenvalue weighted by atomic mass is 16.4. The molecular weight excluding hydrogens is 664 g/mol. The van der Waals surface area contributed by atoms with Gasteiger partial charge in [0.1, 0.15) is 18.1 Å². The molecule has 0 aliphatic carbocycles. The van der Waals surface area contributed by atoms with Gasteiger partial charge in [-0.15, -0.1) is 0 Å². The van der Waals surface area contributed by atoms with E-state index >= 15 is 0 Å². The number of nitrogens with zero attached hydrogens (tertiary/aromatic N) is 4. The Labute approximate surface area is 281 Å². The maximum atomic E-state index is 12.8. The Morgan fingerprint density at radius 1 is 0.680 bits per heavy atom. The summed E-state index contributed by atoms with van der Waals surface area (Å²) in [6, 6.07) is 1.38. The fourth-order valence-electron chi connectivity index (χ4n) is 4.37.